The molecule has 15 nitrogen and oxygen atoms in total. The molecule has 12 heterocycles. The molecule has 0 saturated heterocycles. The van der Waals surface area contributed by atoms with Crippen LogP contribution in [0.3, 0.4) is 0 Å². The normalized spacial score (nSPS) is 10.2. The van der Waals surface area contributed by atoms with E-state index in [-0.39, 0.29) is 0 Å². The van der Waals surface area contributed by atoms with Gasteiger partial charge in [-0.1, -0.05) is 83.9 Å². The maximum Gasteiger partial charge on any atom is 0.181 e. The van der Waals surface area contributed by atoms with Crippen LogP contribution in [-0.4, -0.2) is 68.9 Å². The molecule has 0 amide bonds. The predicted molar refractivity (Wildman–Crippen MR) is 456 cm³/mol. The summed E-state index contributed by atoms with van der Waals surface area (Å²) in [5, 5.41) is 3.90. The van der Waals surface area contributed by atoms with Crippen molar-refractivity contribution in [2.45, 2.75) is 152 Å². The zero-order valence-corrected chi connectivity index (χ0v) is 69.2. The molecule has 0 aliphatic carbocycles. The van der Waals surface area contributed by atoms with Crippen LogP contribution < -0.4 is 0 Å². The lowest BCUT2D eigenvalue weighted by atomic mass is 10.2. The van der Waals surface area contributed by atoms with Gasteiger partial charge < -0.3 is 18.5 Å². The van der Waals surface area contributed by atoms with E-state index in [1.165, 1.54) is 97.5 Å². The van der Waals surface area contributed by atoms with Gasteiger partial charge >= 0.3 is 0 Å². The predicted octanol–water partition coefficient (Wildman–Crippen LogP) is 23.3. The molecule has 0 fully saturated rings. The second-order valence-corrected chi connectivity index (χ2v) is 30.0. The Bertz CT molecular complexity index is 5170. The molecule has 0 saturated carbocycles. The van der Waals surface area contributed by atoms with Crippen molar-refractivity contribution in [1.82, 2.24) is 68.9 Å². The molecule has 0 aliphatic rings. The molecule has 17 rings (SSSR count). The topological polar surface area (TPSA) is 181 Å². The first kappa shape index (κ1) is 84.0. The summed E-state index contributed by atoms with van der Waals surface area (Å²) in [4.78, 5) is 52.8. The quantitative estimate of drug-likeness (QED) is 0.152. The van der Waals surface area contributed by atoms with E-state index in [0.717, 1.165) is 90.7 Å². The summed E-state index contributed by atoms with van der Waals surface area (Å²) in [6.07, 6.45) is 8.60. The number of imidazole rings is 2. The highest BCUT2D eigenvalue weighted by Gasteiger charge is 2.06. The molecule has 12 aromatic heterocycles. The number of H-pyrrole nitrogens is 1. The Labute approximate surface area is 646 Å². The number of furan rings is 1. The van der Waals surface area contributed by atoms with Gasteiger partial charge in [-0.25, -0.2) is 39.9 Å². The van der Waals surface area contributed by atoms with Crippen LogP contribution in [0.4, 0.5) is 0 Å². The summed E-state index contributed by atoms with van der Waals surface area (Å²) in [6, 6.07) is 58.8. The molecule has 0 spiro atoms. The molecule has 108 heavy (non-hydrogen) atoms. The number of aromatic nitrogens is 14. The van der Waals surface area contributed by atoms with Crippen molar-refractivity contribution in [2.24, 2.45) is 14.1 Å². The average Bonchev–Trinajstić information content (AvgIpc) is 1.60. The summed E-state index contributed by atoms with van der Waals surface area (Å²) in [6.45, 7) is 44.7. The summed E-state index contributed by atoms with van der Waals surface area (Å²) >= 11 is 3.71. The zero-order valence-electron chi connectivity index (χ0n) is 67.6. The minimum absolute atomic E-state index is 0.660. The van der Waals surface area contributed by atoms with Crippen LogP contribution in [0.5, 0.6) is 0 Å². The molecule has 17 aromatic rings. The van der Waals surface area contributed by atoms with Crippen molar-refractivity contribution in [3.8, 4) is 0 Å². The van der Waals surface area contributed by atoms with Crippen molar-refractivity contribution >= 4 is 87.9 Å². The van der Waals surface area contributed by atoms with E-state index in [1.54, 1.807) is 12.4 Å². The number of aryl methyl sites for hydroxylation is 24. The first-order valence-corrected chi connectivity index (χ1v) is 37.7. The van der Waals surface area contributed by atoms with Crippen molar-refractivity contribution in [3.05, 3.63) is 323 Å². The van der Waals surface area contributed by atoms with Crippen molar-refractivity contribution in [3.63, 3.8) is 0 Å². The Morgan fingerprint density at radius 1 is 0.361 bits per heavy atom. The first-order valence-electron chi connectivity index (χ1n) is 36.0. The maximum atomic E-state index is 5.45. The van der Waals surface area contributed by atoms with Crippen LogP contribution in [0.25, 0.3) is 65.2 Å². The molecular formula is C91H106N14OS2. The Morgan fingerprint density at radius 2 is 0.944 bits per heavy atom. The fraction of sp³-hybridized carbons (Fsp3) is 0.264. The van der Waals surface area contributed by atoms with Crippen LogP contribution in [0, 0.1) is 152 Å². The number of rotatable bonds is 0. The third-order valence-corrected chi connectivity index (χ3v) is 18.5. The van der Waals surface area contributed by atoms with Crippen LogP contribution in [0.15, 0.2) is 205 Å². The van der Waals surface area contributed by atoms with E-state index >= 15 is 0 Å². The van der Waals surface area contributed by atoms with Gasteiger partial charge in [-0.3, -0.25) is 15.0 Å². The van der Waals surface area contributed by atoms with Gasteiger partial charge in [-0.2, -0.15) is 0 Å². The molecule has 0 unspecified atom stereocenters. The second kappa shape index (κ2) is 41.0. The van der Waals surface area contributed by atoms with E-state index in [2.05, 4.69) is 286 Å². The van der Waals surface area contributed by atoms with E-state index in [4.69, 9.17) is 4.42 Å². The molecule has 0 atom stereocenters. The van der Waals surface area contributed by atoms with E-state index < -0.39 is 0 Å². The van der Waals surface area contributed by atoms with E-state index in [9.17, 15) is 0 Å². The Kier molecular flexibility index (Phi) is 31.9. The largest absolute Gasteiger partial charge is 0.461 e. The van der Waals surface area contributed by atoms with Gasteiger partial charge in [-0.15, -0.1) is 22.7 Å². The number of hydrogen-bond acceptors (Lipinski definition) is 14. The first-order chi connectivity index (χ1) is 51.3. The number of aromatic amines is 1. The maximum absolute atomic E-state index is 5.45. The van der Waals surface area contributed by atoms with Gasteiger partial charge in [0.2, 0.25) is 0 Å². The van der Waals surface area contributed by atoms with Gasteiger partial charge in [0, 0.05) is 90.9 Å². The van der Waals surface area contributed by atoms with Crippen molar-refractivity contribution in [1.29, 1.82) is 0 Å². The van der Waals surface area contributed by atoms with Crippen LogP contribution in [0.1, 0.15) is 122 Å². The molecule has 0 bridgehead atoms. The van der Waals surface area contributed by atoms with Crippen LogP contribution in [-0.2, 0) is 14.1 Å². The molecule has 558 valence electrons. The molecule has 5 aromatic carbocycles. The molecular weight excluding hydrogens is 1370 g/mol. The number of fused-ring (bicyclic) bond motifs is 6. The van der Waals surface area contributed by atoms with Gasteiger partial charge in [0.25, 0.3) is 0 Å². The molecule has 17 heteroatoms. The SMILES string of the molecule is Cc1cc2nc(C)[nH]c2cn1.Cc1ccc(C)s1.Cc1ccc2cc(C)n(C)c2c1.Cc1ccc2cc(C)oc2c1.Cc1ccc2cc(C)sc2c1.Cc1ccc2nc(C)n(C)c2c1.Cc1cccc(C)c1.Cc1cccc(C)n1.Cc1ccnc(C)c1.Cc1ccnc(C)n1.Cc1cnc2ncnc(C)c2n1. The highest BCUT2D eigenvalue weighted by Crippen LogP contribution is 2.26. The van der Waals surface area contributed by atoms with E-state index in [1.807, 2.05) is 155 Å². The number of thiophene rings is 2. The fourth-order valence-corrected chi connectivity index (χ4v) is 12.8. The number of nitrogens with zero attached hydrogens (tertiary/aromatic N) is 13. The molecule has 0 radical (unpaired) electrons. The number of benzene rings is 5. The van der Waals surface area contributed by atoms with Gasteiger partial charge in [-0.05, 0) is 288 Å². The van der Waals surface area contributed by atoms with Gasteiger partial charge in [0.05, 0.1) is 45.8 Å². The fourth-order valence-electron chi connectivity index (χ4n) is 11.0. The summed E-state index contributed by atoms with van der Waals surface area (Å²) < 4.78 is 11.2. The highest BCUT2D eigenvalue weighted by molar-refractivity contribution is 7.19. The number of pyridine rings is 3. The summed E-state index contributed by atoms with van der Waals surface area (Å²) in [5.41, 5.74) is 25.6. The third-order valence-electron chi connectivity index (χ3n) is 16.6. The lowest BCUT2D eigenvalue weighted by Crippen LogP contribution is -1.94. The van der Waals surface area contributed by atoms with Crippen LogP contribution >= 0.6 is 22.7 Å². The lowest BCUT2D eigenvalue weighted by molar-refractivity contribution is 0.578. The third kappa shape index (κ3) is 27.6. The highest BCUT2D eigenvalue weighted by atomic mass is 32.1. The molecule has 1 N–H and O–H groups in total. The monoisotopic (exact) mass is 1470 g/mol. The van der Waals surface area contributed by atoms with Crippen molar-refractivity contribution in [2.75, 3.05) is 0 Å². The Hall–Kier alpha value is -11.3. The average molecular weight is 1480 g/mol. The summed E-state index contributed by atoms with van der Waals surface area (Å²) in [7, 11) is 4.15. The number of nitrogens with one attached hydrogen (secondary N) is 1. The molecule has 0 aliphatic heterocycles. The minimum atomic E-state index is 0.660. The van der Waals surface area contributed by atoms with Gasteiger partial charge in [0.15, 0.2) is 5.65 Å². The van der Waals surface area contributed by atoms with E-state index in [0.29, 0.717) is 5.65 Å². The Balaban J connectivity index is 0.000000166. The van der Waals surface area contributed by atoms with Crippen molar-refractivity contribution < 1.29 is 4.42 Å². The standard InChI is InChI=1S/C11H13N.C10H12N2.C10H10O.C10H10S.C8H8N4.C8H9N3.C8H10.2C7H9N.C6H8N2.C6H8S/c1-8-4-5-10-7-9(2)12(3)11(10)6-8;1-7-4-5-9-10(6-7)12(3)8(2)11-9;2*1-7-3-4-9-6-8(2)11-10(9)5-7;1-5-3-9-8-7(12-5)6(2)10-4-11-8;1-5-3-7-8(4-9-5)11-6(2)10-7;1-7-4-3-5-8(2)6-7;1-6-3-4-8-7(2)5-6;1-6-4-3-5-7(2)8-6;1-5-3-4-7-6(2)8-5;1-5-3-4-6(2)7-5/h4-7H,1-3H3;4-6H,1-3H3;2*3-6H,1-2H3;3-4H,1-2H3;3-4H,1-2H3,(H,10,11);3-6H,1-2H3;2*3-5H,1-2H3;3-4H,1-2H3;3-4H,1-2H3. The lowest BCUT2D eigenvalue weighted by Gasteiger charge is -1.98. The zero-order chi connectivity index (χ0) is 78.7. The Morgan fingerprint density at radius 3 is 1.53 bits per heavy atom. The number of hydrogen-bond donors (Lipinski definition) is 1. The van der Waals surface area contributed by atoms with Crippen LogP contribution in [0.2, 0.25) is 0 Å². The van der Waals surface area contributed by atoms with Gasteiger partial charge in [0.1, 0.15) is 40.7 Å². The summed E-state index contributed by atoms with van der Waals surface area (Å²) in [5.74, 6) is 3.82. The minimum Gasteiger partial charge on any atom is -0.461 e. The second-order valence-electron chi connectivity index (χ2n) is 27.2. The smallest absolute Gasteiger partial charge is 0.181 e.